The van der Waals surface area contributed by atoms with Gasteiger partial charge in [-0.2, -0.15) is 0 Å². The van der Waals surface area contributed by atoms with Crippen LogP contribution in [0.25, 0.3) is 10.9 Å². The van der Waals surface area contributed by atoms with E-state index in [2.05, 4.69) is 4.98 Å². The summed E-state index contributed by atoms with van der Waals surface area (Å²) in [5.74, 6) is 0. The molecule has 2 aromatic rings. The Bertz CT molecular complexity index is 489. The molecule has 2 rings (SSSR count). The molecule has 2 nitrogen and oxygen atoms in total. The monoisotopic (exact) mass is 215 g/mol. The van der Waals surface area contributed by atoms with Crippen molar-refractivity contribution in [2.75, 3.05) is 0 Å². The van der Waals surface area contributed by atoms with Crippen molar-refractivity contribution in [2.24, 2.45) is 0 Å². The van der Waals surface area contributed by atoms with Gasteiger partial charge in [-0.15, -0.1) is 0 Å². The van der Waals surface area contributed by atoms with Crippen molar-refractivity contribution in [1.82, 2.24) is 4.98 Å². The van der Waals surface area contributed by atoms with Crippen molar-refractivity contribution in [3.63, 3.8) is 0 Å². The molecule has 0 saturated heterocycles. The highest BCUT2D eigenvalue weighted by Gasteiger charge is 2.24. The second kappa shape index (κ2) is 4.22. The summed E-state index contributed by atoms with van der Waals surface area (Å²) in [6.07, 6.45) is 3.25. The number of fused-ring (bicyclic) bond motifs is 1. The summed E-state index contributed by atoms with van der Waals surface area (Å²) in [5, 5.41) is 11.5. The molecule has 0 spiro atoms. The fourth-order valence-corrected chi connectivity index (χ4v) is 2.02. The molecule has 16 heavy (non-hydrogen) atoms. The number of nitrogens with zero attached hydrogens (tertiary/aromatic N) is 1. The second-order valence-corrected chi connectivity index (χ2v) is 4.15. The average Bonchev–Trinajstić information content (AvgIpc) is 2.37. The third kappa shape index (κ3) is 1.81. The SMILES string of the molecule is CCC(O)(CC)c1ccc2ncccc2c1. The van der Waals surface area contributed by atoms with E-state index in [1.54, 1.807) is 6.20 Å². The van der Waals surface area contributed by atoms with E-state index in [9.17, 15) is 5.11 Å². The van der Waals surface area contributed by atoms with Crippen LogP contribution in [0.2, 0.25) is 0 Å². The van der Waals surface area contributed by atoms with E-state index in [1.807, 2.05) is 44.2 Å². The molecule has 84 valence electrons. The Balaban J connectivity index is 2.54. The van der Waals surface area contributed by atoms with Crippen LogP contribution >= 0.6 is 0 Å². The van der Waals surface area contributed by atoms with Gasteiger partial charge >= 0.3 is 0 Å². The zero-order chi connectivity index (χ0) is 11.6. The van der Waals surface area contributed by atoms with Gasteiger partial charge in [-0.3, -0.25) is 4.98 Å². The van der Waals surface area contributed by atoms with Crippen LogP contribution in [0.1, 0.15) is 32.3 Å². The Hall–Kier alpha value is -1.41. The minimum absolute atomic E-state index is 0.704. The van der Waals surface area contributed by atoms with Gasteiger partial charge in [-0.05, 0) is 36.6 Å². The lowest BCUT2D eigenvalue weighted by Crippen LogP contribution is -2.23. The maximum atomic E-state index is 10.4. The number of rotatable bonds is 3. The third-order valence-electron chi connectivity index (χ3n) is 3.31. The molecule has 0 aliphatic rings. The number of aliphatic hydroxyl groups is 1. The Morgan fingerprint density at radius 1 is 1.19 bits per heavy atom. The molecule has 0 aliphatic carbocycles. The highest BCUT2D eigenvalue weighted by atomic mass is 16.3. The zero-order valence-electron chi connectivity index (χ0n) is 9.77. The molecule has 1 aromatic carbocycles. The largest absolute Gasteiger partial charge is 0.385 e. The molecule has 0 unspecified atom stereocenters. The lowest BCUT2D eigenvalue weighted by atomic mass is 9.88. The van der Waals surface area contributed by atoms with Gasteiger partial charge in [0.25, 0.3) is 0 Å². The number of hydrogen-bond donors (Lipinski definition) is 1. The zero-order valence-corrected chi connectivity index (χ0v) is 9.77. The molecule has 0 amide bonds. The van der Waals surface area contributed by atoms with E-state index in [0.29, 0.717) is 0 Å². The lowest BCUT2D eigenvalue weighted by Gasteiger charge is -2.25. The number of hydrogen-bond acceptors (Lipinski definition) is 2. The van der Waals surface area contributed by atoms with Crippen molar-refractivity contribution in [3.05, 3.63) is 42.1 Å². The summed E-state index contributed by atoms with van der Waals surface area (Å²) >= 11 is 0. The van der Waals surface area contributed by atoms with Gasteiger partial charge in [-0.25, -0.2) is 0 Å². The first-order chi connectivity index (χ1) is 7.69. The summed E-state index contributed by atoms with van der Waals surface area (Å²) < 4.78 is 0. The van der Waals surface area contributed by atoms with Crippen LogP contribution in [0.4, 0.5) is 0 Å². The minimum Gasteiger partial charge on any atom is -0.385 e. The van der Waals surface area contributed by atoms with E-state index < -0.39 is 5.60 Å². The maximum absolute atomic E-state index is 10.4. The maximum Gasteiger partial charge on any atom is 0.0891 e. The van der Waals surface area contributed by atoms with Crippen molar-refractivity contribution in [1.29, 1.82) is 0 Å². The van der Waals surface area contributed by atoms with Gasteiger partial charge in [0.1, 0.15) is 0 Å². The fourth-order valence-electron chi connectivity index (χ4n) is 2.02. The van der Waals surface area contributed by atoms with E-state index in [4.69, 9.17) is 0 Å². The van der Waals surface area contributed by atoms with Crippen LogP contribution in [0.15, 0.2) is 36.5 Å². The summed E-state index contributed by atoms with van der Waals surface area (Å²) in [6.45, 7) is 4.02. The van der Waals surface area contributed by atoms with Crippen molar-refractivity contribution >= 4 is 10.9 Å². The first-order valence-corrected chi connectivity index (χ1v) is 5.77. The van der Waals surface area contributed by atoms with E-state index >= 15 is 0 Å². The molecule has 0 atom stereocenters. The molecule has 0 radical (unpaired) electrons. The Morgan fingerprint density at radius 3 is 2.62 bits per heavy atom. The molecule has 0 aliphatic heterocycles. The molecule has 0 saturated carbocycles. The van der Waals surface area contributed by atoms with Gasteiger partial charge in [0, 0.05) is 11.6 Å². The summed E-state index contributed by atoms with van der Waals surface area (Å²) in [7, 11) is 0. The molecule has 2 heteroatoms. The molecule has 1 heterocycles. The van der Waals surface area contributed by atoms with Crippen LogP contribution in [0, 0.1) is 0 Å². The van der Waals surface area contributed by atoms with Gasteiger partial charge < -0.3 is 5.11 Å². The highest BCUT2D eigenvalue weighted by Crippen LogP contribution is 2.30. The Morgan fingerprint density at radius 2 is 1.94 bits per heavy atom. The van der Waals surface area contributed by atoms with Gasteiger partial charge in [0.05, 0.1) is 11.1 Å². The molecule has 0 fully saturated rings. The van der Waals surface area contributed by atoms with E-state index in [1.165, 1.54) is 0 Å². The second-order valence-electron chi connectivity index (χ2n) is 4.15. The van der Waals surface area contributed by atoms with Crippen LogP contribution in [0.3, 0.4) is 0 Å². The molecule has 1 aromatic heterocycles. The topological polar surface area (TPSA) is 33.1 Å². The standard InChI is InChI=1S/C14H17NO/c1-3-14(16,4-2)12-7-8-13-11(10-12)6-5-9-15-13/h5-10,16H,3-4H2,1-2H3. The molecular weight excluding hydrogens is 198 g/mol. The van der Waals surface area contributed by atoms with Crippen LogP contribution in [-0.4, -0.2) is 10.1 Å². The Labute approximate surface area is 96.0 Å². The number of benzene rings is 1. The first-order valence-electron chi connectivity index (χ1n) is 5.77. The summed E-state index contributed by atoms with van der Waals surface area (Å²) in [6, 6.07) is 9.93. The first kappa shape index (κ1) is 11.1. The summed E-state index contributed by atoms with van der Waals surface area (Å²) in [5.41, 5.74) is 1.25. The normalized spacial score (nSPS) is 11.9. The third-order valence-corrected chi connectivity index (χ3v) is 3.31. The van der Waals surface area contributed by atoms with Gasteiger partial charge in [-0.1, -0.05) is 26.0 Å². The molecule has 1 N–H and O–H groups in total. The van der Waals surface area contributed by atoms with E-state index in [0.717, 1.165) is 29.3 Å². The van der Waals surface area contributed by atoms with Crippen LogP contribution < -0.4 is 0 Å². The van der Waals surface area contributed by atoms with Crippen LogP contribution in [0.5, 0.6) is 0 Å². The summed E-state index contributed by atoms with van der Waals surface area (Å²) in [4.78, 5) is 4.27. The fraction of sp³-hybridized carbons (Fsp3) is 0.357. The van der Waals surface area contributed by atoms with E-state index in [-0.39, 0.29) is 0 Å². The van der Waals surface area contributed by atoms with Gasteiger partial charge in [0.2, 0.25) is 0 Å². The molecule has 0 bridgehead atoms. The smallest absolute Gasteiger partial charge is 0.0891 e. The van der Waals surface area contributed by atoms with Gasteiger partial charge in [0.15, 0.2) is 0 Å². The average molecular weight is 215 g/mol. The minimum atomic E-state index is -0.704. The van der Waals surface area contributed by atoms with Crippen molar-refractivity contribution in [2.45, 2.75) is 32.3 Å². The lowest BCUT2D eigenvalue weighted by molar-refractivity contribution is 0.0285. The number of aromatic nitrogens is 1. The van der Waals surface area contributed by atoms with Crippen molar-refractivity contribution < 1.29 is 5.11 Å². The predicted molar refractivity (Wildman–Crippen MR) is 66.2 cm³/mol. The Kier molecular flexibility index (Phi) is 2.92. The predicted octanol–water partition coefficient (Wildman–Crippen LogP) is 3.24. The van der Waals surface area contributed by atoms with Crippen molar-refractivity contribution in [3.8, 4) is 0 Å². The number of pyridine rings is 1. The highest BCUT2D eigenvalue weighted by molar-refractivity contribution is 5.79. The quantitative estimate of drug-likeness (QED) is 0.852. The molecular formula is C14H17NO. The van der Waals surface area contributed by atoms with Crippen LogP contribution in [-0.2, 0) is 5.60 Å².